The number of ether oxygens (including phenoxy) is 1. The van der Waals surface area contributed by atoms with Gasteiger partial charge in [-0.05, 0) is 60.9 Å². The number of benzene rings is 2. The van der Waals surface area contributed by atoms with E-state index in [4.69, 9.17) is 34.3 Å². The molecular formula is C16H15ClFNOS. The number of hydrogen-bond acceptors (Lipinski definition) is 2. The molecule has 0 spiro atoms. The van der Waals surface area contributed by atoms with Crippen molar-refractivity contribution in [1.29, 1.82) is 0 Å². The minimum Gasteiger partial charge on any atom is -0.488 e. The van der Waals surface area contributed by atoms with Crippen LogP contribution >= 0.6 is 23.8 Å². The molecule has 0 fully saturated rings. The zero-order chi connectivity index (χ0) is 15.6. The van der Waals surface area contributed by atoms with Gasteiger partial charge in [-0.2, -0.15) is 0 Å². The fourth-order valence-electron chi connectivity index (χ4n) is 2.16. The van der Waals surface area contributed by atoms with Gasteiger partial charge >= 0.3 is 0 Å². The third-order valence-electron chi connectivity index (χ3n) is 3.05. The molecule has 0 aromatic heterocycles. The van der Waals surface area contributed by atoms with Gasteiger partial charge in [0, 0.05) is 10.6 Å². The Morgan fingerprint density at radius 2 is 1.81 bits per heavy atom. The Hall–Kier alpha value is -1.65. The zero-order valence-electron chi connectivity index (χ0n) is 11.7. The van der Waals surface area contributed by atoms with E-state index in [1.807, 2.05) is 26.0 Å². The van der Waals surface area contributed by atoms with Crippen LogP contribution in [0.2, 0.25) is 5.02 Å². The average molecular weight is 324 g/mol. The first-order valence-corrected chi connectivity index (χ1v) is 7.14. The van der Waals surface area contributed by atoms with Gasteiger partial charge in [-0.15, -0.1) is 0 Å². The van der Waals surface area contributed by atoms with E-state index in [0.717, 1.165) is 16.9 Å². The highest BCUT2D eigenvalue weighted by molar-refractivity contribution is 7.80. The van der Waals surface area contributed by atoms with Gasteiger partial charge in [0.2, 0.25) is 0 Å². The lowest BCUT2D eigenvalue weighted by Crippen LogP contribution is -2.10. The molecule has 2 aromatic carbocycles. The van der Waals surface area contributed by atoms with E-state index in [0.29, 0.717) is 16.1 Å². The minimum absolute atomic E-state index is 0.162. The Morgan fingerprint density at radius 3 is 2.38 bits per heavy atom. The van der Waals surface area contributed by atoms with Crippen molar-refractivity contribution in [2.75, 3.05) is 0 Å². The lowest BCUT2D eigenvalue weighted by atomic mass is 10.1. The minimum atomic E-state index is -0.386. The van der Waals surface area contributed by atoms with E-state index in [9.17, 15) is 4.39 Å². The van der Waals surface area contributed by atoms with Crippen molar-refractivity contribution < 1.29 is 9.13 Å². The van der Waals surface area contributed by atoms with Gasteiger partial charge in [-0.25, -0.2) is 4.39 Å². The van der Waals surface area contributed by atoms with E-state index < -0.39 is 0 Å². The third-order valence-corrected chi connectivity index (χ3v) is 3.50. The summed E-state index contributed by atoms with van der Waals surface area (Å²) < 4.78 is 19.3. The van der Waals surface area contributed by atoms with E-state index in [2.05, 4.69) is 0 Å². The lowest BCUT2D eigenvalue weighted by molar-refractivity contribution is 0.301. The van der Waals surface area contributed by atoms with Crippen LogP contribution in [-0.4, -0.2) is 4.99 Å². The third kappa shape index (κ3) is 3.93. The van der Waals surface area contributed by atoms with Crippen molar-refractivity contribution in [1.82, 2.24) is 0 Å². The molecule has 0 amide bonds. The molecular weight excluding hydrogens is 309 g/mol. The highest BCUT2D eigenvalue weighted by atomic mass is 35.5. The van der Waals surface area contributed by atoms with Crippen molar-refractivity contribution in [2.45, 2.75) is 20.5 Å². The van der Waals surface area contributed by atoms with Crippen molar-refractivity contribution in [2.24, 2.45) is 5.73 Å². The summed E-state index contributed by atoms with van der Waals surface area (Å²) in [4.78, 5) is 0.162. The van der Waals surface area contributed by atoms with Gasteiger partial charge in [0.15, 0.2) is 0 Å². The molecule has 5 heteroatoms. The molecule has 0 heterocycles. The van der Waals surface area contributed by atoms with Crippen LogP contribution in [0, 0.1) is 19.7 Å². The number of hydrogen-bond donors (Lipinski definition) is 1. The second-order valence-corrected chi connectivity index (χ2v) is 5.75. The number of thiocarbonyl (C=S) groups is 1. The Kier molecular flexibility index (Phi) is 4.80. The van der Waals surface area contributed by atoms with E-state index in [-0.39, 0.29) is 17.4 Å². The highest BCUT2D eigenvalue weighted by Crippen LogP contribution is 2.28. The maximum absolute atomic E-state index is 13.5. The van der Waals surface area contributed by atoms with Gasteiger partial charge in [0.1, 0.15) is 23.2 Å². The molecule has 0 saturated carbocycles. The predicted molar refractivity (Wildman–Crippen MR) is 87.5 cm³/mol. The van der Waals surface area contributed by atoms with E-state index >= 15 is 0 Å². The summed E-state index contributed by atoms with van der Waals surface area (Å²) in [6.07, 6.45) is 0. The van der Waals surface area contributed by atoms with Gasteiger partial charge < -0.3 is 10.5 Å². The molecule has 0 aliphatic carbocycles. The normalized spacial score (nSPS) is 10.5. The molecule has 2 rings (SSSR count). The molecule has 110 valence electrons. The summed E-state index contributed by atoms with van der Waals surface area (Å²) in [5, 5.41) is 0.666. The first-order chi connectivity index (χ1) is 9.86. The number of rotatable bonds is 4. The Morgan fingerprint density at radius 1 is 1.19 bits per heavy atom. The monoisotopic (exact) mass is 323 g/mol. The SMILES string of the molecule is Cc1cc(Cl)cc(C)c1OCc1cc(F)cc(C(N)=S)c1. The Bertz CT molecular complexity index is 680. The number of aryl methyl sites for hydroxylation is 2. The molecule has 2 nitrogen and oxygen atoms in total. The predicted octanol–water partition coefficient (Wildman–Crippen LogP) is 4.31. The van der Waals surface area contributed by atoms with Crippen LogP contribution in [0.15, 0.2) is 30.3 Å². The zero-order valence-corrected chi connectivity index (χ0v) is 13.3. The molecule has 0 aliphatic heterocycles. The maximum Gasteiger partial charge on any atom is 0.125 e. The smallest absolute Gasteiger partial charge is 0.125 e. The van der Waals surface area contributed by atoms with Crippen LogP contribution in [0.25, 0.3) is 0 Å². The first-order valence-electron chi connectivity index (χ1n) is 6.35. The quantitative estimate of drug-likeness (QED) is 0.852. The summed E-state index contributed by atoms with van der Waals surface area (Å²) in [6.45, 7) is 4.07. The lowest BCUT2D eigenvalue weighted by Gasteiger charge is -2.13. The van der Waals surface area contributed by atoms with Gasteiger partial charge in [-0.3, -0.25) is 0 Å². The van der Waals surface area contributed by atoms with Crippen molar-refractivity contribution in [3.8, 4) is 5.75 Å². The topological polar surface area (TPSA) is 35.2 Å². The van der Waals surface area contributed by atoms with Crippen LogP contribution in [0.5, 0.6) is 5.75 Å². The molecule has 0 unspecified atom stereocenters. The van der Waals surface area contributed by atoms with Gasteiger partial charge in [0.25, 0.3) is 0 Å². The summed E-state index contributed by atoms with van der Waals surface area (Å²) in [7, 11) is 0. The van der Waals surface area contributed by atoms with Crippen molar-refractivity contribution in [3.05, 3.63) is 63.4 Å². The molecule has 0 atom stereocenters. The molecule has 21 heavy (non-hydrogen) atoms. The Balaban J connectivity index is 2.23. The fourth-order valence-corrected chi connectivity index (χ4v) is 2.60. The molecule has 2 aromatic rings. The van der Waals surface area contributed by atoms with Gasteiger partial charge in [0.05, 0.1) is 0 Å². The summed E-state index contributed by atoms with van der Waals surface area (Å²) in [5.41, 5.74) is 8.57. The van der Waals surface area contributed by atoms with Crippen molar-refractivity contribution in [3.63, 3.8) is 0 Å². The molecule has 0 aliphatic rings. The number of halogens is 2. The van der Waals surface area contributed by atoms with Crippen LogP contribution in [-0.2, 0) is 6.61 Å². The Labute approximate surface area is 133 Å². The largest absolute Gasteiger partial charge is 0.488 e. The van der Waals surface area contributed by atoms with E-state index in [1.165, 1.54) is 12.1 Å². The maximum atomic E-state index is 13.5. The number of nitrogens with two attached hydrogens (primary N) is 1. The van der Waals surface area contributed by atoms with Crippen LogP contribution < -0.4 is 10.5 Å². The van der Waals surface area contributed by atoms with E-state index in [1.54, 1.807) is 6.07 Å². The first kappa shape index (κ1) is 15.7. The van der Waals surface area contributed by atoms with Crippen LogP contribution in [0.1, 0.15) is 22.3 Å². The van der Waals surface area contributed by atoms with Crippen LogP contribution in [0.4, 0.5) is 4.39 Å². The van der Waals surface area contributed by atoms with Crippen LogP contribution in [0.3, 0.4) is 0 Å². The molecule has 2 N–H and O–H groups in total. The second-order valence-electron chi connectivity index (χ2n) is 4.87. The standard InChI is InChI=1S/C16H15ClFNOS/c1-9-3-13(17)4-10(2)15(9)20-8-11-5-12(16(19)21)7-14(18)6-11/h3-7H,8H2,1-2H3,(H2,19,21). The summed E-state index contributed by atoms with van der Waals surface area (Å²) in [6, 6.07) is 8.10. The molecule has 0 radical (unpaired) electrons. The van der Waals surface area contributed by atoms with Gasteiger partial charge in [-0.1, -0.05) is 23.8 Å². The molecule has 0 saturated heterocycles. The average Bonchev–Trinajstić information content (AvgIpc) is 2.36. The van der Waals surface area contributed by atoms with Crippen molar-refractivity contribution >= 4 is 28.8 Å². The highest BCUT2D eigenvalue weighted by Gasteiger charge is 2.08. The summed E-state index contributed by atoms with van der Waals surface area (Å²) >= 11 is 10.9. The second kappa shape index (κ2) is 6.41. The fraction of sp³-hybridized carbons (Fsp3) is 0.188. The summed E-state index contributed by atoms with van der Waals surface area (Å²) in [5.74, 6) is 0.365. The molecule has 0 bridgehead atoms.